The molecular weight excluding hydrogens is 166 g/mol. The molecular formula is C10H11NO2. The van der Waals surface area contributed by atoms with E-state index in [-0.39, 0.29) is 5.78 Å². The summed E-state index contributed by atoms with van der Waals surface area (Å²) in [5.41, 5.74) is 0.492. The Balaban J connectivity index is 2.85. The van der Waals surface area contributed by atoms with Gasteiger partial charge in [0, 0.05) is 0 Å². The molecule has 1 aromatic heterocycles. The Bertz CT molecular complexity index is 346. The summed E-state index contributed by atoms with van der Waals surface area (Å²) >= 11 is 0. The molecule has 13 heavy (non-hydrogen) atoms. The largest absolute Gasteiger partial charge is 0.469 e. The molecule has 1 aromatic rings. The molecule has 68 valence electrons. The van der Waals surface area contributed by atoms with Gasteiger partial charge in [-0.05, 0) is 19.4 Å². The van der Waals surface area contributed by atoms with E-state index in [9.17, 15) is 4.79 Å². The summed E-state index contributed by atoms with van der Waals surface area (Å²) in [6.45, 7) is 3.59. The SMILES string of the molecule is CCC(C#N)C(=O)c1coc(C)c1. The maximum atomic E-state index is 11.5. The Labute approximate surface area is 77.0 Å². The number of nitrogens with zero attached hydrogens (tertiary/aromatic N) is 1. The second kappa shape index (κ2) is 3.90. The molecule has 0 spiro atoms. The topological polar surface area (TPSA) is 54.0 Å². The van der Waals surface area contributed by atoms with Crippen molar-refractivity contribution in [3.05, 3.63) is 23.7 Å². The van der Waals surface area contributed by atoms with Gasteiger partial charge in [-0.3, -0.25) is 4.79 Å². The van der Waals surface area contributed by atoms with E-state index in [4.69, 9.17) is 9.68 Å². The van der Waals surface area contributed by atoms with E-state index in [1.165, 1.54) is 6.26 Å². The van der Waals surface area contributed by atoms with Gasteiger partial charge in [-0.25, -0.2) is 0 Å². The molecule has 0 bridgehead atoms. The number of hydrogen-bond acceptors (Lipinski definition) is 3. The summed E-state index contributed by atoms with van der Waals surface area (Å²) in [5.74, 6) is -0.00464. The normalized spacial score (nSPS) is 12.1. The molecule has 0 fully saturated rings. The van der Waals surface area contributed by atoms with Crippen molar-refractivity contribution in [1.29, 1.82) is 5.26 Å². The molecule has 1 unspecified atom stereocenters. The summed E-state index contributed by atoms with van der Waals surface area (Å²) in [6.07, 6.45) is 1.94. The van der Waals surface area contributed by atoms with Gasteiger partial charge in [0.1, 0.15) is 17.9 Å². The zero-order valence-electron chi connectivity index (χ0n) is 7.70. The highest BCUT2D eigenvalue weighted by atomic mass is 16.3. The molecule has 0 aliphatic heterocycles. The van der Waals surface area contributed by atoms with Crippen LogP contribution in [0, 0.1) is 24.2 Å². The molecule has 0 aliphatic carbocycles. The highest BCUT2D eigenvalue weighted by molar-refractivity contribution is 5.99. The maximum Gasteiger partial charge on any atom is 0.183 e. The highest BCUT2D eigenvalue weighted by Crippen LogP contribution is 2.14. The quantitative estimate of drug-likeness (QED) is 0.666. The van der Waals surface area contributed by atoms with E-state index >= 15 is 0 Å². The first-order chi connectivity index (χ1) is 6.19. The van der Waals surface area contributed by atoms with Crippen LogP contribution in [0.1, 0.15) is 29.5 Å². The number of furan rings is 1. The average Bonchev–Trinajstić information content (AvgIpc) is 2.54. The molecule has 1 atom stereocenters. The summed E-state index contributed by atoms with van der Waals surface area (Å²) < 4.78 is 4.99. The highest BCUT2D eigenvalue weighted by Gasteiger charge is 2.18. The number of Topliss-reactive ketones (excluding diaryl/α,β-unsaturated/α-hetero) is 1. The number of aryl methyl sites for hydroxylation is 1. The monoisotopic (exact) mass is 177 g/mol. The molecule has 0 N–H and O–H groups in total. The lowest BCUT2D eigenvalue weighted by atomic mass is 9.98. The Morgan fingerprint density at radius 1 is 1.77 bits per heavy atom. The fraction of sp³-hybridized carbons (Fsp3) is 0.400. The number of ketones is 1. The summed E-state index contributed by atoms with van der Waals surface area (Å²) in [4.78, 5) is 11.5. The smallest absolute Gasteiger partial charge is 0.183 e. The van der Waals surface area contributed by atoms with Crippen LogP contribution in [0.5, 0.6) is 0 Å². The Morgan fingerprint density at radius 3 is 2.85 bits per heavy atom. The number of rotatable bonds is 3. The first-order valence-corrected chi connectivity index (χ1v) is 4.18. The van der Waals surface area contributed by atoms with Gasteiger partial charge in [-0.1, -0.05) is 6.92 Å². The van der Waals surface area contributed by atoms with E-state index in [2.05, 4.69) is 0 Å². The van der Waals surface area contributed by atoms with E-state index < -0.39 is 5.92 Å². The van der Waals surface area contributed by atoms with Crippen LogP contribution in [0.15, 0.2) is 16.7 Å². The molecule has 0 amide bonds. The van der Waals surface area contributed by atoms with E-state index in [0.29, 0.717) is 17.7 Å². The molecule has 3 nitrogen and oxygen atoms in total. The van der Waals surface area contributed by atoms with Crippen molar-refractivity contribution in [1.82, 2.24) is 0 Å². The van der Waals surface area contributed by atoms with Gasteiger partial charge >= 0.3 is 0 Å². The zero-order chi connectivity index (χ0) is 9.84. The number of carbonyl (C=O) groups is 1. The van der Waals surface area contributed by atoms with Crippen molar-refractivity contribution in [2.75, 3.05) is 0 Å². The van der Waals surface area contributed by atoms with Gasteiger partial charge in [0.25, 0.3) is 0 Å². The van der Waals surface area contributed by atoms with Crippen molar-refractivity contribution in [2.24, 2.45) is 5.92 Å². The molecule has 3 heteroatoms. The average molecular weight is 177 g/mol. The zero-order valence-corrected chi connectivity index (χ0v) is 7.70. The Hall–Kier alpha value is -1.56. The molecule has 0 saturated heterocycles. The van der Waals surface area contributed by atoms with Crippen molar-refractivity contribution < 1.29 is 9.21 Å². The van der Waals surface area contributed by atoms with Gasteiger partial charge in [0.05, 0.1) is 11.6 Å². The van der Waals surface area contributed by atoms with E-state index in [1.807, 2.05) is 13.0 Å². The molecule has 0 aliphatic rings. The number of nitriles is 1. The minimum Gasteiger partial charge on any atom is -0.469 e. The van der Waals surface area contributed by atoms with Gasteiger partial charge in [0.15, 0.2) is 5.78 Å². The van der Waals surface area contributed by atoms with Crippen LogP contribution in [0.2, 0.25) is 0 Å². The van der Waals surface area contributed by atoms with Crippen LogP contribution in [0.4, 0.5) is 0 Å². The fourth-order valence-electron chi connectivity index (χ4n) is 1.11. The lowest BCUT2D eigenvalue weighted by Crippen LogP contribution is -2.10. The van der Waals surface area contributed by atoms with Gasteiger partial charge in [-0.2, -0.15) is 5.26 Å². The first kappa shape index (κ1) is 9.53. The van der Waals surface area contributed by atoms with Gasteiger partial charge < -0.3 is 4.42 Å². The Morgan fingerprint density at radius 2 is 2.46 bits per heavy atom. The van der Waals surface area contributed by atoms with Crippen molar-refractivity contribution in [3.8, 4) is 6.07 Å². The fourth-order valence-corrected chi connectivity index (χ4v) is 1.11. The third-order valence-electron chi connectivity index (χ3n) is 1.90. The molecule has 0 saturated carbocycles. The second-order valence-corrected chi connectivity index (χ2v) is 2.90. The summed E-state index contributed by atoms with van der Waals surface area (Å²) in [5, 5.41) is 8.66. The molecule has 1 heterocycles. The van der Waals surface area contributed by atoms with Crippen LogP contribution in [0.25, 0.3) is 0 Å². The maximum absolute atomic E-state index is 11.5. The van der Waals surface area contributed by atoms with E-state index in [1.54, 1.807) is 13.0 Å². The van der Waals surface area contributed by atoms with Crippen molar-refractivity contribution in [3.63, 3.8) is 0 Å². The third kappa shape index (κ3) is 1.97. The van der Waals surface area contributed by atoms with Crippen molar-refractivity contribution >= 4 is 5.78 Å². The number of hydrogen-bond donors (Lipinski definition) is 0. The molecule has 1 rings (SSSR count). The predicted octanol–water partition coefficient (Wildman–Crippen LogP) is 2.32. The summed E-state index contributed by atoms with van der Waals surface area (Å²) in [6, 6.07) is 3.62. The minimum absolute atomic E-state index is 0.151. The predicted molar refractivity (Wildman–Crippen MR) is 47.2 cm³/mol. The van der Waals surface area contributed by atoms with Crippen molar-refractivity contribution in [2.45, 2.75) is 20.3 Å². The Kier molecular flexibility index (Phi) is 2.86. The second-order valence-electron chi connectivity index (χ2n) is 2.90. The van der Waals surface area contributed by atoms with Gasteiger partial charge in [0.2, 0.25) is 0 Å². The van der Waals surface area contributed by atoms with Crippen LogP contribution in [-0.4, -0.2) is 5.78 Å². The number of carbonyl (C=O) groups excluding carboxylic acids is 1. The van der Waals surface area contributed by atoms with E-state index in [0.717, 1.165) is 0 Å². The van der Waals surface area contributed by atoms with Gasteiger partial charge in [-0.15, -0.1) is 0 Å². The molecule has 0 aromatic carbocycles. The third-order valence-corrected chi connectivity index (χ3v) is 1.90. The lowest BCUT2D eigenvalue weighted by molar-refractivity contribution is 0.0946. The van der Waals surface area contributed by atoms with Crippen LogP contribution in [0.3, 0.4) is 0 Å². The first-order valence-electron chi connectivity index (χ1n) is 4.18. The molecule has 0 radical (unpaired) electrons. The van der Waals surface area contributed by atoms with Crippen LogP contribution >= 0.6 is 0 Å². The lowest BCUT2D eigenvalue weighted by Gasteiger charge is -2.00. The summed E-state index contributed by atoms with van der Waals surface area (Å²) in [7, 11) is 0. The van der Waals surface area contributed by atoms with Crippen LogP contribution < -0.4 is 0 Å². The minimum atomic E-state index is -0.544. The van der Waals surface area contributed by atoms with Crippen LogP contribution in [-0.2, 0) is 0 Å². The standard InChI is InChI=1S/C10H11NO2/c1-3-8(5-11)10(12)9-4-7(2)13-6-9/h4,6,8H,3H2,1-2H3.